The molecule has 1 saturated heterocycles. The molecule has 0 spiro atoms. The highest BCUT2D eigenvalue weighted by molar-refractivity contribution is 8.18. The molecule has 2 aromatic rings. The predicted octanol–water partition coefficient (Wildman–Crippen LogP) is 3.98. The quantitative estimate of drug-likeness (QED) is 0.512. The molecule has 0 bridgehead atoms. The van der Waals surface area contributed by atoms with Crippen molar-refractivity contribution in [3.8, 4) is 11.5 Å². The number of carboxylic acids is 1. The largest absolute Gasteiger partial charge is 0.493 e. The number of aliphatic imine (C=N–C) groups is 1. The van der Waals surface area contributed by atoms with Crippen LogP contribution in [0, 0.1) is 0 Å². The lowest BCUT2D eigenvalue weighted by Crippen LogP contribution is -2.29. The highest BCUT2D eigenvalue weighted by Gasteiger charge is 2.33. The summed E-state index contributed by atoms with van der Waals surface area (Å²) in [6.07, 6.45) is 3.25. The SMILES string of the molecule is CCCN1C(=O)/C(=C\c2ccc(OCCC(=O)O)c(OC)c2)S/C1=N/c1nnc(CC)s1. The Morgan fingerprint density at radius 3 is 2.75 bits per heavy atom. The summed E-state index contributed by atoms with van der Waals surface area (Å²) in [6, 6.07) is 5.23. The van der Waals surface area contributed by atoms with Gasteiger partial charge in [-0.2, -0.15) is 4.99 Å². The number of nitrogens with zero attached hydrogens (tertiary/aromatic N) is 4. The minimum Gasteiger partial charge on any atom is -0.493 e. The number of aliphatic carboxylic acids is 1. The number of hydrogen-bond donors (Lipinski definition) is 1. The van der Waals surface area contributed by atoms with Crippen molar-refractivity contribution < 1.29 is 24.2 Å². The number of thioether (sulfide) groups is 1. The van der Waals surface area contributed by atoms with Crippen molar-refractivity contribution in [3.05, 3.63) is 33.7 Å². The van der Waals surface area contributed by atoms with E-state index in [0.29, 0.717) is 33.2 Å². The molecule has 0 saturated carbocycles. The van der Waals surface area contributed by atoms with Crippen molar-refractivity contribution in [2.45, 2.75) is 33.1 Å². The van der Waals surface area contributed by atoms with Crippen LogP contribution >= 0.6 is 23.1 Å². The maximum atomic E-state index is 13.0. The van der Waals surface area contributed by atoms with Gasteiger partial charge >= 0.3 is 5.97 Å². The highest BCUT2D eigenvalue weighted by Crippen LogP contribution is 2.36. The number of hydrogen-bond acceptors (Lipinski definition) is 9. The molecule has 1 fully saturated rings. The van der Waals surface area contributed by atoms with Crippen LogP contribution in [-0.4, -0.2) is 57.5 Å². The van der Waals surface area contributed by atoms with Crippen LogP contribution in [0.25, 0.3) is 6.08 Å². The van der Waals surface area contributed by atoms with Crippen LogP contribution in [-0.2, 0) is 16.0 Å². The normalized spacial score (nSPS) is 16.2. The van der Waals surface area contributed by atoms with Gasteiger partial charge in [-0.05, 0) is 48.4 Å². The summed E-state index contributed by atoms with van der Waals surface area (Å²) in [7, 11) is 1.51. The number of carbonyl (C=O) groups excluding carboxylic acids is 1. The number of ether oxygens (including phenoxy) is 2. The number of benzene rings is 1. The minimum atomic E-state index is -0.935. The average Bonchev–Trinajstić information content (AvgIpc) is 3.34. The molecule has 1 aliphatic rings. The minimum absolute atomic E-state index is 0.0393. The lowest BCUT2D eigenvalue weighted by Gasteiger charge is -2.13. The van der Waals surface area contributed by atoms with E-state index in [1.165, 1.54) is 30.2 Å². The lowest BCUT2D eigenvalue weighted by molar-refractivity contribution is -0.137. The fourth-order valence-electron chi connectivity index (χ4n) is 2.82. The van der Waals surface area contributed by atoms with E-state index in [0.717, 1.165) is 23.4 Å². The molecule has 0 unspecified atom stereocenters. The molecule has 9 nitrogen and oxygen atoms in total. The van der Waals surface area contributed by atoms with Gasteiger partial charge in [0.25, 0.3) is 5.91 Å². The average molecular weight is 477 g/mol. The van der Waals surface area contributed by atoms with Gasteiger partial charge in [0.1, 0.15) is 5.01 Å². The van der Waals surface area contributed by atoms with Gasteiger partial charge in [0, 0.05) is 6.54 Å². The first-order chi connectivity index (χ1) is 15.4. The first kappa shape index (κ1) is 23.7. The molecule has 32 heavy (non-hydrogen) atoms. The summed E-state index contributed by atoms with van der Waals surface area (Å²) in [6.45, 7) is 4.61. The molecule has 1 aromatic carbocycles. The third kappa shape index (κ3) is 5.86. The Labute approximate surface area is 194 Å². The van der Waals surface area contributed by atoms with E-state index in [1.807, 2.05) is 13.8 Å². The van der Waals surface area contributed by atoms with Gasteiger partial charge < -0.3 is 14.6 Å². The molecule has 1 aromatic heterocycles. The van der Waals surface area contributed by atoms with E-state index < -0.39 is 5.97 Å². The molecule has 0 aliphatic carbocycles. The Morgan fingerprint density at radius 2 is 2.09 bits per heavy atom. The van der Waals surface area contributed by atoms with E-state index in [-0.39, 0.29) is 18.9 Å². The van der Waals surface area contributed by atoms with E-state index in [2.05, 4.69) is 15.2 Å². The standard InChI is InChI=1S/C21H24N4O5S2/c1-4-9-25-19(28)16(31-21(25)22-20-24-23-17(5-2)32-20)12-13-6-7-14(15(11-13)29-3)30-10-8-18(26)27/h6-7,11-12H,4-5,8-10H2,1-3H3,(H,26,27)/b16-12+,22-21+. The fourth-order valence-corrected chi connectivity index (χ4v) is 4.53. The third-order valence-corrected chi connectivity index (χ3v) is 6.31. The van der Waals surface area contributed by atoms with Crippen LogP contribution in [0.4, 0.5) is 5.13 Å². The van der Waals surface area contributed by atoms with Crippen LogP contribution in [0.5, 0.6) is 11.5 Å². The van der Waals surface area contributed by atoms with Crippen LogP contribution in [0.3, 0.4) is 0 Å². The Hall–Kier alpha value is -2.92. The van der Waals surface area contributed by atoms with Gasteiger partial charge in [0.2, 0.25) is 5.13 Å². The molecule has 0 atom stereocenters. The molecule has 2 heterocycles. The molecule has 170 valence electrons. The Kier molecular flexibility index (Phi) is 8.23. The first-order valence-corrected chi connectivity index (χ1v) is 11.7. The van der Waals surface area contributed by atoms with E-state index in [1.54, 1.807) is 29.2 Å². The lowest BCUT2D eigenvalue weighted by atomic mass is 10.2. The van der Waals surface area contributed by atoms with Crippen LogP contribution < -0.4 is 9.47 Å². The summed E-state index contributed by atoms with van der Waals surface area (Å²) in [5, 5.41) is 19.0. The Bertz CT molecular complexity index is 1050. The van der Waals surface area contributed by atoms with Crippen LogP contribution in [0.2, 0.25) is 0 Å². The number of aromatic nitrogens is 2. The highest BCUT2D eigenvalue weighted by atomic mass is 32.2. The zero-order valence-electron chi connectivity index (χ0n) is 18.0. The van der Waals surface area contributed by atoms with Crippen molar-refractivity contribution in [2.24, 2.45) is 4.99 Å². The van der Waals surface area contributed by atoms with Gasteiger partial charge in [-0.1, -0.05) is 31.3 Å². The summed E-state index contributed by atoms with van der Waals surface area (Å²) in [5.41, 5.74) is 0.755. The second-order valence-electron chi connectivity index (χ2n) is 6.70. The number of carboxylic acid groups (broad SMARTS) is 1. The van der Waals surface area contributed by atoms with E-state index in [9.17, 15) is 9.59 Å². The number of aryl methyl sites for hydroxylation is 1. The third-order valence-electron chi connectivity index (χ3n) is 4.34. The number of carbonyl (C=O) groups is 2. The van der Waals surface area contributed by atoms with Crippen molar-refractivity contribution >= 4 is 51.4 Å². The molecular formula is C21H24N4O5S2. The number of amidine groups is 1. The monoisotopic (exact) mass is 476 g/mol. The van der Waals surface area contributed by atoms with Gasteiger partial charge in [0.05, 0.1) is 25.0 Å². The summed E-state index contributed by atoms with van der Waals surface area (Å²) in [4.78, 5) is 30.4. The van der Waals surface area contributed by atoms with Gasteiger partial charge in [0.15, 0.2) is 16.7 Å². The smallest absolute Gasteiger partial charge is 0.306 e. The molecule has 1 N–H and O–H groups in total. The number of amides is 1. The Morgan fingerprint density at radius 1 is 1.28 bits per heavy atom. The second-order valence-corrected chi connectivity index (χ2v) is 8.75. The van der Waals surface area contributed by atoms with Crippen molar-refractivity contribution in [1.29, 1.82) is 0 Å². The summed E-state index contributed by atoms with van der Waals surface area (Å²) < 4.78 is 10.9. The van der Waals surface area contributed by atoms with Crippen molar-refractivity contribution in [3.63, 3.8) is 0 Å². The maximum Gasteiger partial charge on any atom is 0.306 e. The fraction of sp³-hybridized carbons (Fsp3) is 0.381. The van der Waals surface area contributed by atoms with E-state index in [4.69, 9.17) is 14.6 Å². The molecule has 1 aliphatic heterocycles. The maximum absolute atomic E-state index is 13.0. The summed E-state index contributed by atoms with van der Waals surface area (Å²) >= 11 is 2.71. The predicted molar refractivity (Wildman–Crippen MR) is 125 cm³/mol. The summed E-state index contributed by atoms with van der Waals surface area (Å²) in [5.74, 6) is -0.146. The van der Waals surface area contributed by atoms with Crippen molar-refractivity contribution in [1.82, 2.24) is 15.1 Å². The first-order valence-electron chi connectivity index (χ1n) is 10.1. The van der Waals surface area contributed by atoms with Crippen LogP contribution in [0.15, 0.2) is 28.1 Å². The Balaban J connectivity index is 1.83. The molecule has 1 amide bonds. The second kappa shape index (κ2) is 11.1. The zero-order valence-corrected chi connectivity index (χ0v) is 19.7. The zero-order chi connectivity index (χ0) is 23.1. The molecule has 0 radical (unpaired) electrons. The van der Waals surface area contributed by atoms with Gasteiger partial charge in [-0.3, -0.25) is 14.5 Å². The van der Waals surface area contributed by atoms with Crippen molar-refractivity contribution in [2.75, 3.05) is 20.3 Å². The molecule has 11 heteroatoms. The van der Waals surface area contributed by atoms with Gasteiger partial charge in [-0.15, -0.1) is 10.2 Å². The molecular weight excluding hydrogens is 452 g/mol. The number of methoxy groups -OCH3 is 1. The van der Waals surface area contributed by atoms with E-state index >= 15 is 0 Å². The molecule has 3 rings (SSSR count). The number of rotatable bonds is 10. The van der Waals surface area contributed by atoms with Crippen LogP contribution in [0.1, 0.15) is 37.3 Å². The van der Waals surface area contributed by atoms with Gasteiger partial charge in [-0.25, -0.2) is 0 Å². The topological polar surface area (TPSA) is 114 Å².